The summed E-state index contributed by atoms with van der Waals surface area (Å²) in [6, 6.07) is 0. The highest BCUT2D eigenvalue weighted by atomic mass is 16.8. The molecule has 0 spiro atoms. The van der Waals surface area contributed by atoms with Gasteiger partial charge >= 0.3 is 77.6 Å². The minimum atomic E-state index is -2.21. The van der Waals surface area contributed by atoms with E-state index in [0.717, 1.165) is 90.0 Å². The highest BCUT2D eigenvalue weighted by Crippen LogP contribution is 2.39. The maximum absolute atomic E-state index is 13.2. The topological polar surface area (TPSA) is 427 Å². The number of aliphatic hydroxyl groups is 1. The van der Waals surface area contributed by atoms with Crippen molar-refractivity contribution in [1.82, 2.24) is 0 Å². The lowest BCUT2D eigenvalue weighted by Crippen LogP contribution is -2.69. The Morgan fingerprint density at radius 1 is 0.262 bits per heavy atom. The summed E-state index contributed by atoms with van der Waals surface area (Å²) in [6.45, 7) is 8.94. The van der Waals surface area contributed by atoms with Crippen molar-refractivity contribution in [2.75, 3.05) is 26.4 Å². The average molecular weight is 1210 g/mol. The number of rotatable bonds is 23. The van der Waals surface area contributed by atoms with Crippen molar-refractivity contribution >= 4 is 77.6 Å². The third-order valence-corrected chi connectivity index (χ3v) is 11.8. The van der Waals surface area contributed by atoms with Gasteiger partial charge in [0.05, 0.1) is 6.61 Å². The van der Waals surface area contributed by atoms with Crippen LogP contribution in [0.4, 0.5) is 0 Å². The lowest BCUT2D eigenvalue weighted by atomic mass is 9.95. The maximum Gasteiger partial charge on any atom is 0.303 e. The molecule has 4 fully saturated rings. The smallest absolute Gasteiger partial charge is 0.303 e. The normalized spacial score (nSPS) is 32.7. The van der Waals surface area contributed by atoms with Crippen LogP contribution in [0.5, 0.6) is 0 Å². The molecule has 0 aromatic heterocycles. The van der Waals surface area contributed by atoms with Crippen molar-refractivity contribution in [3.63, 3.8) is 0 Å². The minimum Gasteiger partial charge on any atom is -0.463 e. The van der Waals surface area contributed by atoms with E-state index >= 15 is 0 Å². The van der Waals surface area contributed by atoms with Gasteiger partial charge in [-0.25, -0.2) is 0 Å². The van der Waals surface area contributed by atoms with Crippen LogP contribution >= 0.6 is 0 Å². The molecule has 4 heterocycles. The van der Waals surface area contributed by atoms with Crippen LogP contribution in [0.15, 0.2) is 0 Å². The molecule has 472 valence electrons. The van der Waals surface area contributed by atoms with E-state index in [1.807, 2.05) is 0 Å². The first kappa shape index (κ1) is 69.3. The predicted molar refractivity (Wildman–Crippen MR) is 258 cm³/mol. The van der Waals surface area contributed by atoms with E-state index < -0.39 is 227 Å². The van der Waals surface area contributed by atoms with Crippen LogP contribution in [0.25, 0.3) is 0 Å². The molecule has 0 aromatic carbocycles. The fraction of sp³-hybridized carbons (Fsp3) is 0.740. The lowest BCUT2D eigenvalue weighted by molar-refractivity contribution is -0.380. The first-order chi connectivity index (χ1) is 39.3. The summed E-state index contributed by atoms with van der Waals surface area (Å²) in [4.78, 5) is 165. The number of ether oxygens (including phenoxy) is 20. The summed E-state index contributed by atoms with van der Waals surface area (Å²) < 4.78 is 114. The third kappa shape index (κ3) is 20.5. The number of aliphatic hydroxyl groups excluding tert-OH is 1. The van der Waals surface area contributed by atoms with Crippen LogP contribution in [0.1, 0.15) is 90.0 Å². The molecule has 0 amide bonds. The zero-order chi connectivity index (χ0) is 63.0. The number of hydrogen-bond donors (Lipinski definition) is 1. The van der Waals surface area contributed by atoms with E-state index in [1.54, 1.807) is 0 Å². The molecule has 1 N–H and O–H groups in total. The molecular weight excluding hydrogens is 1140 g/mol. The first-order valence-corrected chi connectivity index (χ1v) is 25.6. The standard InChI is InChI=1S/C50H68O34/c1-18(51)65-14-31-37(39(71-23(6)56)43(47(64)79-31)75-27(10)60)83-50-46(78-30(13)63)42(74-26(9)59)38(33(81-50)16-67-20(3)53)84-49-45(77-29(12)62)41(73-25(8)58)36(70-22(5)55)34(82-49)17-68-48-44(76-28(11)61)40(72-24(7)57)35(69-21(4)54)32(80-48)15-66-19(2)52/h31-50,64H,14-17H2,1-13H3/t31-,32-,33-,34-,35-,36-,37-,38-,39+,40+,41+,42+,43-,44-,45-,46-,47-,48+,49-,50+/m1/s1. The fourth-order valence-corrected chi connectivity index (χ4v) is 9.09. The van der Waals surface area contributed by atoms with Gasteiger partial charge < -0.3 is 99.8 Å². The van der Waals surface area contributed by atoms with Gasteiger partial charge in [-0.2, -0.15) is 0 Å². The minimum absolute atomic E-state index is 0.697. The predicted octanol–water partition coefficient (Wildman–Crippen LogP) is -2.33. The van der Waals surface area contributed by atoms with E-state index in [1.165, 1.54) is 0 Å². The fourth-order valence-electron chi connectivity index (χ4n) is 9.09. The first-order valence-electron chi connectivity index (χ1n) is 25.6. The largest absolute Gasteiger partial charge is 0.463 e. The molecule has 4 aliphatic rings. The zero-order valence-electron chi connectivity index (χ0n) is 47.8. The lowest BCUT2D eigenvalue weighted by Gasteiger charge is -2.50. The summed E-state index contributed by atoms with van der Waals surface area (Å²) in [5, 5.41) is 11.0. The molecule has 0 radical (unpaired) electrons. The average Bonchev–Trinajstić information content (AvgIpc) is 1.54. The van der Waals surface area contributed by atoms with Gasteiger partial charge in [0.2, 0.25) is 0 Å². The van der Waals surface area contributed by atoms with Crippen LogP contribution in [-0.4, -0.2) is 232 Å². The van der Waals surface area contributed by atoms with Crippen LogP contribution in [0, 0.1) is 0 Å². The molecule has 84 heavy (non-hydrogen) atoms. The summed E-state index contributed by atoms with van der Waals surface area (Å²) in [7, 11) is 0. The Labute approximate surface area is 478 Å². The van der Waals surface area contributed by atoms with Gasteiger partial charge in [-0.1, -0.05) is 0 Å². The van der Waals surface area contributed by atoms with Gasteiger partial charge in [0.25, 0.3) is 0 Å². The van der Waals surface area contributed by atoms with Crippen LogP contribution in [-0.2, 0) is 157 Å². The van der Waals surface area contributed by atoms with Crippen molar-refractivity contribution in [3.05, 3.63) is 0 Å². The third-order valence-electron chi connectivity index (χ3n) is 11.8. The molecule has 0 aliphatic carbocycles. The second kappa shape index (κ2) is 31.6. The van der Waals surface area contributed by atoms with Crippen LogP contribution in [0.3, 0.4) is 0 Å². The molecule has 0 saturated carbocycles. The van der Waals surface area contributed by atoms with Crippen molar-refractivity contribution in [3.8, 4) is 0 Å². The van der Waals surface area contributed by atoms with E-state index in [0.29, 0.717) is 0 Å². The van der Waals surface area contributed by atoms with Crippen LogP contribution in [0.2, 0.25) is 0 Å². The number of hydrogen-bond acceptors (Lipinski definition) is 34. The monoisotopic (exact) mass is 1210 g/mol. The highest BCUT2D eigenvalue weighted by Gasteiger charge is 2.61. The Balaban J connectivity index is 1.95. The summed E-state index contributed by atoms with van der Waals surface area (Å²) >= 11 is 0. The summed E-state index contributed by atoms with van der Waals surface area (Å²) in [5.41, 5.74) is 0. The van der Waals surface area contributed by atoms with E-state index in [-0.39, 0.29) is 0 Å². The molecule has 34 nitrogen and oxygen atoms in total. The zero-order valence-corrected chi connectivity index (χ0v) is 47.8. The van der Waals surface area contributed by atoms with Gasteiger partial charge in [-0.15, -0.1) is 0 Å². The second-order valence-electron chi connectivity index (χ2n) is 18.9. The molecule has 4 rings (SSSR count). The quantitative estimate of drug-likeness (QED) is 0.0828. The van der Waals surface area contributed by atoms with Gasteiger partial charge in [-0.05, 0) is 0 Å². The van der Waals surface area contributed by atoms with Gasteiger partial charge in [0.15, 0.2) is 86.2 Å². The summed E-state index contributed by atoms with van der Waals surface area (Å²) in [6.07, 6.45) is -38.3. The Kier molecular flexibility index (Phi) is 26.1. The van der Waals surface area contributed by atoms with E-state index in [4.69, 9.17) is 94.7 Å². The molecule has 0 bridgehead atoms. The number of carbonyl (C=O) groups is 13. The van der Waals surface area contributed by atoms with Gasteiger partial charge in [-0.3, -0.25) is 62.3 Å². The molecule has 20 atom stereocenters. The Morgan fingerprint density at radius 2 is 0.488 bits per heavy atom. The SMILES string of the molecule is CC(=O)OC[C@H]1O[C@@H](O)[C@H](OC(C)=O)[C@@H](OC(C)=O)[C@@H]1O[C@@H]1O[C@H](COC(C)=O)[C@@H](O[C@H]2O[C@H](CO[C@H]3O[C@H](COC(C)=O)[C@@H](OC(C)=O)[C@H](OC(C)=O)[C@H]3OC(C)=O)[C@@H](OC(C)=O)[C@H](OC(C)=O)[C@H]2OC(C)=O)[C@H](OC(C)=O)[C@H]1OC(C)=O. The second-order valence-corrected chi connectivity index (χ2v) is 18.9. The Hall–Kier alpha value is -7.21. The van der Waals surface area contributed by atoms with Gasteiger partial charge in [0.1, 0.15) is 56.4 Å². The van der Waals surface area contributed by atoms with E-state index in [2.05, 4.69) is 0 Å². The highest BCUT2D eigenvalue weighted by molar-refractivity contribution is 5.71. The van der Waals surface area contributed by atoms with Gasteiger partial charge in [0, 0.05) is 90.0 Å². The van der Waals surface area contributed by atoms with Crippen molar-refractivity contribution in [1.29, 1.82) is 0 Å². The Bertz CT molecular complexity index is 2410. The molecule has 4 saturated heterocycles. The number of esters is 13. The van der Waals surface area contributed by atoms with Crippen LogP contribution < -0.4 is 0 Å². The molecule has 0 unspecified atom stereocenters. The molecule has 34 heteroatoms. The molecular formula is C50H68O34. The van der Waals surface area contributed by atoms with E-state index in [9.17, 15) is 67.4 Å². The van der Waals surface area contributed by atoms with Crippen molar-refractivity contribution in [2.45, 2.75) is 213 Å². The molecule has 0 aromatic rings. The van der Waals surface area contributed by atoms with Crippen molar-refractivity contribution in [2.24, 2.45) is 0 Å². The maximum atomic E-state index is 13.2. The molecule has 4 aliphatic heterocycles. The van der Waals surface area contributed by atoms with Crippen molar-refractivity contribution < 1.29 is 162 Å². The Morgan fingerprint density at radius 3 is 0.810 bits per heavy atom. The summed E-state index contributed by atoms with van der Waals surface area (Å²) in [5.74, 6) is -13.4. The number of carbonyl (C=O) groups excluding carboxylic acids is 13.